The molecule has 27 heavy (non-hydrogen) atoms. The molecule has 0 aliphatic heterocycles. The average molecular weight is 382 g/mol. The van der Waals surface area contributed by atoms with Crippen LogP contribution in [0.4, 0.5) is 11.4 Å². The maximum absolute atomic E-state index is 12.3. The Morgan fingerprint density at radius 3 is 2.93 bits per heavy atom. The van der Waals surface area contributed by atoms with Crippen molar-refractivity contribution in [3.8, 4) is 0 Å². The topological polar surface area (TPSA) is 118 Å². The number of amides is 1. The molecule has 4 aromatic rings. The van der Waals surface area contributed by atoms with Crippen LogP contribution in [0, 0.1) is 17.0 Å². The van der Waals surface area contributed by atoms with Crippen LogP contribution < -0.4 is 5.32 Å². The number of fused-ring (bicyclic) bond motifs is 3. The van der Waals surface area contributed by atoms with E-state index in [9.17, 15) is 14.9 Å². The molecule has 0 spiro atoms. The molecule has 1 amide bonds. The summed E-state index contributed by atoms with van der Waals surface area (Å²) in [5.41, 5.74) is 2.93. The molecule has 0 radical (unpaired) electrons. The molecule has 0 saturated carbocycles. The Hall–Kier alpha value is -3.40. The molecule has 4 rings (SSSR count). The predicted octanol–water partition coefficient (Wildman–Crippen LogP) is 3.16. The summed E-state index contributed by atoms with van der Waals surface area (Å²) >= 11 is 1.28. The lowest BCUT2D eigenvalue weighted by atomic mass is 10.2. The van der Waals surface area contributed by atoms with Gasteiger partial charge >= 0.3 is 0 Å². The van der Waals surface area contributed by atoms with E-state index >= 15 is 0 Å². The fourth-order valence-corrected chi connectivity index (χ4v) is 3.51. The summed E-state index contributed by atoms with van der Waals surface area (Å²) in [7, 11) is 0. The lowest BCUT2D eigenvalue weighted by Crippen LogP contribution is -2.15. The molecule has 2 aromatic heterocycles. The average Bonchev–Trinajstić information content (AvgIpc) is 3.20. The second-order valence-corrected chi connectivity index (χ2v) is 6.80. The summed E-state index contributed by atoms with van der Waals surface area (Å²) in [4.78, 5) is 27.1. The molecule has 0 aliphatic rings. The molecule has 9 nitrogen and oxygen atoms in total. The van der Waals surface area contributed by atoms with E-state index in [0.29, 0.717) is 22.2 Å². The maximum Gasteiger partial charge on any atom is 0.269 e. The second kappa shape index (κ2) is 6.72. The van der Waals surface area contributed by atoms with Gasteiger partial charge in [0.15, 0.2) is 5.16 Å². The first-order valence-corrected chi connectivity index (χ1v) is 9.01. The molecule has 0 aliphatic carbocycles. The van der Waals surface area contributed by atoms with E-state index in [1.54, 1.807) is 6.92 Å². The van der Waals surface area contributed by atoms with Crippen LogP contribution in [0.25, 0.3) is 16.8 Å². The fraction of sp³-hybridized carbons (Fsp3) is 0.118. The van der Waals surface area contributed by atoms with E-state index in [1.165, 1.54) is 30.0 Å². The highest BCUT2D eigenvalue weighted by Crippen LogP contribution is 2.24. The van der Waals surface area contributed by atoms with Crippen molar-refractivity contribution >= 4 is 45.9 Å². The van der Waals surface area contributed by atoms with E-state index in [0.717, 1.165) is 11.0 Å². The van der Waals surface area contributed by atoms with Crippen LogP contribution in [0.2, 0.25) is 0 Å². The van der Waals surface area contributed by atoms with E-state index in [1.807, 2.05) is 28.7 Å². The number of H-pyrrole nitrogens is 1. The van der Waals surface area contributed by atoms with Gasteiger partial charge in [0.2, 0.25) is 11.7 Å². The number of aromatic nitrogens is 4. The van der Waals surface area contributed by atoms with Crippen LogP contribution in [0.15, 0.2) is 47.6 Å². The number of hydrogen-bond donors (Lipinski definition) is 2. The van der Waals surface area contributed by atoms with Crippen molar-refractivity contribution in [2.45, 2.75) is 12.1 Å². The van der Waals surface area contributed by atoms with Crippen LogP contribution in [0.1, 0.15) is 5.56 Å². The van der Waals surface area contributed by atoms with Gasteiger partial charge in [-0.25, -0.2) is 10.1 Å². The fourth-order valence-electron chi connectivity index (χ4n) is 2.76. The van der Waals surface area contributed by atoms with Crippen molar-refractivity contribution in [1.29, 1.82) is 0 Å². The summed E-state index contributed by atoms with van der Waals surface area (Å²) in [6, 6.07) is 12.0. The molecule has 0 bridgehead atoms. The third-order valence-corrected chi connectivity index (χ3v) is 4.97. The standard InChI is InChI=1S/C17H14N6O3S/c1-10-8-11(23(25)26)6-7-12(10)18-15(24)9-27-17-21-20-16-19-13-4-2-3-5-14(13)22(16)17/h2-8H,9H2,1H3,(H,18,24)(H,19,20). The van der Waals surface area contributed by atoms with Crippen molar-refractivity contribution < 1.29 is 9.72 Å². The number of aromatic amines is 1. The maximum atomic E-state index is 12.3. The van der Waals surface area contributed by atoms with Gasteiger partial charge in [0, 0.05) is 17.8 Å². The third-order valence-electron chi connectivity index (χ3n) is 4.03. The van der Waals surface area contributed by atoms with Gasteiger partial charge < -0.3 is 5.32 Å². The molecule has 0 unspecified atom stereocenters. The van der Waals surface area contributed by atoms with Crippen LogP contribution in [-0.4, -0.2) is 36.2 Å². The molecule has 0 saturated heterocycles. The van der Waals surface area contributed by atoms with E-state index in [2.05, 4.69) is 20.5 Å². The predicted molar refractivity (Wildman–Crippen MR) is 102 cm³/mol. The number of carbonyl (C=O) groups excluding carboxylic acids is 1. The number of para-hydroxylation sites is 2. The Balaban J connectivity index is 1.48. The van der Waals surface area contributed by atoms with Gasteiger partial charge in [0.1, 0.15) is 0 Å². The zero-order valence-corrected chi connectivity index (χ0v) is 15.0. The smallest absolute Gasteiger partial charge is 0.269 e. The minimum Gasteiger partial charge on any atom is -0.325 e. The molecule has 0 atom stereocenters. The number of carbonyl (C=O) groups is 1. The Bertz CT molecular complexity index is 1180. The zero-order valence-electron chi connectivity index (χ0n) is 14.2. The minimum atomic E-state index is -0.466. The molecule has 136 valence electrons. The van der Waals surface area contributed by atoms with Gasteiger partial charge in [0.05, 0.1) is 21.7 Å². The van der Waals surface area contributed by atoms with E-state index < -0.39 is 4.92 Å². The number of nitro groups is 1. The molecular formula is C17H14N6O3S. The minimum absolute atomic E-state index is 0.00854. The van der Waals surface area contributed by atoms with Crippen molar-refractivity contribution in [2.24, 2.45) is 0 Å². The van der Waals surface area contributed by atoms with Crippen LogP contribution in [0.5, 0.6) is 0 Å². The van der Waals surface area contributed by atoms with E-state index in [4.69, 9.17) is 0 Å². The number of anilines is 1. The summed E-state index contributed by atoms with van der Waals surface area (Å²) in [6.45, 7) is 1.71. The normalized spacial score (nSPS) is 11.1. The lowest BCUT2D eigenvalue weighted by molar-refractivity contribution is -0.384. The number of nitro benzene ring substituents is 1. The summed E-state index contributed by atoms with van der Waals surface area (Å²) < 4.78 is 1.87. The molecule has 2 aromatic carbocycles. The first-order chi connectivity index (χ1) is 13.0. The monoisotopic (exact) mass is 382 g/mol. The van der Waals surface area contributed by atoms with Gasteiger partial charge in [0.25, 0.3) is 5.69 Å². The quantitative estimate of drug-likeness (QED) is 0.311. The molecular weight excluding hydrogens is 368 g/mol. The van der Waals surface area contributed by atoms with E-state index in [-0.39, 0.29) is 17.3 Å². The Labute approximate surface area is 156 Å². The van der Waals surface area contributed by atoms with Gasteiger partial charge in [-0.2, -0.15) is 0 Å². The van der Waals surface area contributed by atoms with Crippen molar-refractivity contribution in [2.75, 3.05) is 11.1 Å². The third kappa shape index (κ3) is 3.22. The van der Waals surface area contributed by atoms with Crippen LogP contribution >= 0.6 is 11.8 Å². The van der Waals surface area contributed by atoms with Gasteiger partial charge in [-0.05, 0) is 30.7 Å². The van der Waals surface area contributed by atoms with Gasteiger partial charge in [-0.15, -0.1) is 5.10 Å². The Morgan fingerprint density at radius 2 is 2.15 bits per heavy atom. The van der Waals surface area contributed by atoms with Gasteiger partial charge in [-0.3, -0.25) is 19.3 Å². The number of aryl methyl sites for hydroxylation is 1. The molecule has 0 fully saturated rings. The lowest BCUT2D eigenvalue weighted by Gasteiger charge is -2.07. The number of benzene rings is 2. The second-order valence-electron chi connectivity index (χ2n) is 5.86. The zero-order chi connectivity index (χ0) is 19.0. The summed E-state index contributed by atoms with van der Waals surface area (Å²) in [5, 5.41) is 21.3. The highest BCUT2D eigenvalue weighted by molar-refractivity contribution is 7.99. The van der Waals surface area contributed by atoms with Crippen LogP contribution in [0.3, 0.4) is 0 Å². The highest BCUT2D eigenvalue weighted by Gasteiger charge is 2.14. The van der Waals surface area contributed by atoms with Crippen LogP contribution in [-0.2, 0) is 4.79 Å². The molecule has 2 heterocycles. The van der Waals surface area contributed by atoms with Gasteiger partial charge in [-0.1, -0.05) is 23.9 Å². The largest absolute Gasteiger partial charge is 0.325 e. The van der Waals surface area contributed by atoms with Crippen molar-refractivity contribution in [1.82, 2.24) is 19.6 Å². The number of nitrogens with zero attached hydrogens (tertiary/aromatic N) is 4. The number of imidazole rings is 1. The number of rotatable bonds is 5. The summed E-state index contributed by atoms with van der Waals surface area (Å²) in [6.07, 6.45) is 0. The molecule has 10 heteroatoms. The number of non-ortho nitro benzene ring substituents is 1. The number of thioether (sulfide) groups is 1. The molecule has 2 N–H and O–H groups in total. The van der Waals surface area contributed by atoms with Crippen molar-refractivity contribution in [3.63, 3.8) is 0 Å². The Kier molecular flexibility index (Phi) is 4.24. The highest BCUT2D eigenvalue weighted by atomic mass is 32.2. The number of hydrogen-bond acceptors (Lipinski definition) is 6. The Morgan fingerprint density at radius 1 is 1.33 bits per heavy atom. The number of nitrogens with one attached hydrogen (secondary N) is 2. The summed E-state index contributed by atoms with van der Waals surface area (Å²) in [5.74, 6) is 0.533. The first kappa shape index (κ1) is 17.0. The van der Waals surface area contributed by atoms with Crippen molar-refractivity contribution in [3.05, 3.63) is 58.1 Å². The first-order valence-electron chi connectivity index (χ1n) is 8.02. The SMILES string of the molecule is Cc1cc([N+](=O)[O-])ccc1NC(=O)CSc1n[nH]c2nc3ccccc3n12.